The summed E-state index contributed by atoms with van der Waals surface area (Å²) in [6.45, 7) is 0.398. The van der Waals surface area contributed by atoms with Gasteiger partial charge in [0.15, 0.2) is 5.76 Å². The van der Waals surface area contributed by atoms with Crippen molar-refractivity contribution in [2.75, 3.05) is 13.7 Å². The Morgan fingerprint density at radius 2 is 1.73 bits per heavy atom. The zero-order chi connectivity index (χ0) is 20.9. The van der Waals surface area contributed by atoms with Gasteiger partial charge in [-0.3, -0.25) is 4.79 Å². The van der Waals surface area contributed by atoms with Gasteiger partial charge in [0.25, 0.3) is 0 Å². The van der Waals surface area contributed by atoms with Gasteiger partial charge < -0.3 is 13.9 Å². The molecule has 0 saturated heterocycles. The number of rotatable bonds is 7. The summed E-state index contributed by atoms with van der Waals surface area (Å²) in [6, 6.07) is 22.5. The number of halogens is 1. The monoisotopic (exact) mass is 420 g/mol. The Hall–Kier alpha value is -3.24. The molecular formula is C25H21ClO4. The van der Waals surface area contributed by atoms with Crippen molar-refractivity contribution in [3.8, 4) is 22.8 Å². The van der Waals surface area contributed by atoms with Gasteiger partial charge in [0, 0.05) is 10.6 Å². The molecule has 5 heteroatoms. The van der Waals surface area contributed by atoms with Crippen molar-refractivity contribution in [1.82, 2.24) is 0 Å². The van der Waals surface area contributed by atoms with Gasteiger partial charge in [0.05, 0.1) is 19.1 Å². The summed E-state index contributed by atoms with van der Waals surface area (Å²) in [4.78, 5) is 13.2. The molecule has 0 atom stereocenters. The molecule has 0 unspecified atom stereocenters. The molecule has 152 valence electrons. The van der Waals surface area contributed by atoms with E-state index in [4.69, 9.17) is 25.5 Å². The number of methoxy groups -OCH3 is 1. The van der Waals surface area contributed by atoms with E-state index < -0.39 is 0 Å². The van der Waals surface area contributed by atoms with E-state index >= 15 is 0 Å². The predicted molar refractivity (Wildman–Crippen MR) is 120 cm³/mol. The number of hydrogen-bond donors (Lipinski definition) is 0. The van der Waals surface area contributed by atoms with Crippen molar-refractivity contribution in [3.05, 3.63) is 93.6 Å². The lowest BCUT2D eigenvalue weighted by Crippen LogP contribution is -2.11. The van der Waals surface area contributed by atoms with Crippen molar-refractivity contribution >= 4 is 22.6 Å². The Morgan fingerprint density at radius 3 is 2.47 bits per heavy atom. The minimum Gasteiger partial charge on any atom is -0.497 e. The molecule has 4 aromatic rings. The van der Waals surface area contributed by atoms with Crippen LogP contribution in [0.5, 0.6) is 11.5 Å². The maximum Gasteiger partial charge on any atom is 0.235 e. The van der Waals surface area contributed by atoms with Crippen LogP contribution in [0.3, 0.4) is 0 Å². The average Bonchev–Trinajstić information content (AvgIpc) is 2.79. The molecule has 0 fully saturated rings. The molecular weight excluding hydrogens is 400 g/mol. The van der Waals surface area contributed by atoms with E-state index in [1.54, 1.807) is 25.3 Å². The Bertz CT molecular complexity index is 1200. The number of hydrogen-bond acceptors (Lipinski definition) is 4. The largest absolute Gasteiger partial charge is 0.497 e. The Labute approximate surface area is 179 Å². The van der Waals surface area contributed by atoms with E-state index in [-0.39, 0.29) is 11.2 Å². The van der Waals surface area contributed by atoms with E-state index in [0.717, 1.165) is 24.2 Å². The molecule has 0 bridgehead atoms. The summed E-state index contributed by atoms with van der Waals surface area (Å²) in [6.07, 6.45) is 1.64. The smallest absolute Gasteiger partial charge is 0.235 e. The fourth-order valence-electron chi connectivity index (χ4n) is 3.31. The van der Waals surface area contributed by atoms with Crippen molar-refractivity contribution in [3.63, 3.8) is 0 Å². The summed E-state index contributed by atoms with van der Waals surface area (Å²) < 4.78 is 17.3. The molecule has 1 heterocycles. The summed E-state index contributed by atoms with van der Waals surface area (Å²) in [7, 11) is 1.61. The van der Waals surface area contributed by atoms with Crippen LogP contribution in [0, 0.1) is 0 Å². The van der Waals surface area contributed by atoms with Gasteiger partial charge in [-0.1, -0.05) is 41.9 Å². The molecule has 0 amide bonds. The lowest BCUT2D eigenvalue weighted by atomic mass is 10.1. The Morgan fingerprint density at radius 1 is 0.967 bits per heavy atom. The normalized spacial score (nSPS) is 10.9. The number of ether oxygens (including phenoxy) is 2. The van der Waals surface area contributed by atoms with Gasteiger partial charge in [-0.15, -0.1) is 0 Å². The first kappa shape index (κ1) is 20.0. The molecule has 0 saturated carbocycles. The van der Waals surface area contributed by atoms with Crippen molar-refractivity contribution < 1.29 is 13.9 Å². The number of fused-ring (bicyclic) bond motifs is 1. The lowest BCUT2D eigenvalue weighted by Gasteiger charge is -2.12. The van der Waals surface area contributed by atoms with Crippen molar-refractivity contribution in [2.24, 2.45) is 0 Å². The third kappa shape index (κ3) is 4.34. The van der Waals surface area contributed by atoms with Gasteiger partial charge in [-0.05, 0) is 60.9 Å². The van der Waals surface area contributed by atoms with Crippen LogP contribution in [0.15, 0.2) is 82.0 Å². The minimum atomic E-state index is -0.232. The average molecular weight is 421 g/mol. The van der Waals surface area contributed by atoms with Gasteiger partial charge in [-0.25, -0.2) is 0 Å². The van der Waals surface area contributed by atoms with Crippen molar-refractivity contribution in [1.29, 1.82) is 0 Å². The second kappa shape index (κ2) is 9.06. The molecule has 4 nitrogen and oxygen atoms in total. The molecule has 0 N–H and O–H groups in total. The van der Waals surface area contributed by atoms with Gasteiger partial charge in [0.2, 0.25) is 11.2 Å². The standard InChI is InChI=1S/C25H21ClO4/c1-28-20-12-9-18(10-13-20)24-25(29-15-5-8-17-6-3-2-4-7-17)23(27)21-16-19(26)11-14-22(21)30-24/h2-4,6-7,9-14,16H,5,8,15H2,1H3. The van der Waals surface area contributed by atoms with Crippen LogP contribution in [0.1, 0.15) is 12.0 Å². The van der Waals surface area contributed by atoms with Crippen LogP contribution >= 0.6 is 11.6 Å². The third-order valence-electron chi connectivity index (χ3n) is 4.86. The van der Waals surface area contributed by atoms with Crippen LogP contribution in [0.25, 0.3) is 22.3 Å². The summed E-state index contributed by atoms with van der Waals surface area (Å²) >= 11 is 6.09. The molecule has 0 radical (unpaired) electrons. The molecule has 1 aromatic heterocycles. The number of aryl methyl sites for hydroxylation is 1. The zero-order valence-electron chi connectivity index (χ0n) is 16.6. The number of benzene rings is 3. The van der Waals surface area contributed by atoms with E-state index in [1.165, 1.54) is 5.56 Å². The second-order valence-electron chi connectivity index (χ2n) is 6.90. The summed E-state index contributed by atoms with van der Waals surface area (Å²) in [5, 5.41) is 0.875. The quantitative estimate of drug-likeness (QED) is 0.337. The predicted octanol–water partition coefficient (Wildman–Crippen LogP) is 6.13. The van der Waals surface area contributed by atoms with Crippen LogP contribution in [0.4, 0.5) is 0 Å². The van der Waals surface area contributed by atoms with Crippen LogP contribution in [-0.2, 0) is 6.42 Å². The maximum absolute atomic E-state index is 13.2. The summed E-state index contributed by atoms with van der Waals surface area (Å²) in [5.74, 6) is 1.32. The maximum atomic E-state index is 13.2. The van der Waals surface area contributed by atoms with Crippen LogP contribution in [-0.4, -0.2) is 13.7 Å². The third-order valence-corrected chi connectivity index (χ3v) is 5.10. The molecule has 4 rings (SSSR count). The first-order valence-electron chi connectivity index (χ1n) is 9.73. The van der Waals surface area contributed by atoms with Gasteiger partial charge >= 0.3 is 0 Å². The Balaban J connectivity index is 1.67. The van der Waals surface area contributed by atoms with Gasteiger partial charge in [-0.2, -0.15) is 0 Å². The highest BCUT2D eigenvalue weighted by Gasteiger charge is 2.18. The first-order valence-corrected chi connectivity index (χ1v) is 10.1. The highest BCUT2D eigenvalue weighted by Crippen LogP contribution is 2.32. The zero-order valence-corrected chi connectivity index (χ0v) is 17.3. The van der Waals surface area contributed by atoms with E-state index in [1.807, 2.05) is 42.5 Å². The highest BCUT2D eigenvalue weighted by atomic mass is 35.5. The van der Waals surface area contributed by atoms with Crippen LogP contribution in [0.2, 0.25) is 5.02 Å². The Kier molecular flexibility index (Phi) is 6.05. The van der Waals surface area contributed by atoms with E-state index in [0.29, 0.717) is 28.4 Å². The SMILES string of the molecule is COc1ccc(-c2oc3ccc(Cl)cc3c(=O)c2OCCCc2ccccc2)cc1. The van der Waals surface area contributed by atoms with E-state index in [2.05, 4.69) is 12.1 Å². The van der Waals surface area contributed by atoms with Gasteiger partial charge in [0.1, 0.15) is 11.3 Å². The topological polar surface area (TPSA) is 48.7 Å². The molecule has 0 aliphatic heterocycles. The fraction of sp³-hybridized carbons (Fsp3) is 0.160. The molecule has 30 heavy (non-hydrogen) atoms. The molecule has 0 aliphatic carbocycles. The first-order chi connectivity index (χ1) is 14.7. The molecule has 3 aromatic carbocycles. The van der Waals surface area contributed by atoms with Crippen molar-refractivity contribution in [2.45, 2.75) is 12.8 Å². The lowest BCUT2D eigenvalue weighted by molar-refractivity contribution is 0.303. The fourth-order valence-corrected chi connectivity index (χ4v) is 3.48. The van der Waals surface area contributed by atoms with E-state index in [9.17, 15) is 4.79 Å². The molecule has 0 aliphatic rings. The summed E-state index contributed by atoms with van der Waals surface area (Å²) in [5.41, 5.74) is 2.20. The second-order valence-corrected chi connectivity index (χ2v) is 7.33. The minimum absolute atomic E-state index is 0.197. The highest BCUT2D eigenvalue weighted by molar-refractivity contribution is 6.31. The molecule has 0 spiro atoms. The van der Waals surface area contributed by atoms with Crippen LogP contribution < -0.4 is 14.9 Å².